The van der Waals surface area contributed by atoms with Crippen molar-refractivity contribution in [3.05, 3.63) is 29.1 Å². The van der Waals surface area contributed by atoms with E-state index in [0.717, 1.165) is 0 Å². The Morgan fingerprint density at radius 3 is 2.83 bits per heavy atom. The number of anilines is 3. The number of benzene rings is 1. The first-order chi connectivity index (χ1) is 8.59. The second-order valence-electron chi connectivity index (χ2n) is 3.58. The highest BCUT2D eigenvalue weighted by atomic mass is 35.5. The molecule has 0 bridgehead atoms. The average molecular weight is 272 g/mol. The van der Waals surface area contributed by atoms with Crippen LogP contribution >= 0.6 is 11.6 Å². The van der Waals surface area contributed by atoms with E-state index in [1.54, 1.807) is 0 Å². The van der Waals surface area contributed by atoms with Gasteiger partial charge >= 0.3 is 0 Å². The molecule has 0 amide bonds. The van der Waals surface area contributed by atoms with Crippen molar-refractivity contribution in [1.29, 1.82) is 0 Å². The largest absolute Gasteiger partial charge is 0.397 e. The van der Waals surface area contributed by atoms with Gasteiger partial charge in [-0.3, -0.25) is 0 Å². The van der Waals surface area contributed by atoms with Crippen molar-refractivity contribution in [2.75, 3.05) is 23.3 Å². The quantitative estimate of drug-likeness (QED) is 0.731. The minimum absolute atomic E-state index is 0.107. The average Bonchev–Trinajstić information content (AvgIpc) is 2.84. The van der Waals surface area contributed by atoms with Gasteiger partial charge < -0.3 is 21.3 Å². The maximum absolute atomic E-state index is 13.8. The zero-order valence-electron chi connectivity index (χ0n) is 9.28. The van der Waals surface area contributed by atoms with Crippen LogP contribution in [-0.4, -0.2) is 16.7 Å². The van der Waals surface area contributed by atoms with Gasteiger partial charge in [-0.05, 0) is 6.07 Å². The number of halogens is 2. The van der Waals surface area contributed by atoms with Crippen LogP contribution in [0.2, 0.25) is 5.02 Å². The summed E-state index contributed by atoms with van der Waals surface area (Å²) in [4.78, 5) is 3.84. The Kier molecular flexibility index (Phi) is 3.52. The zero-order chi connectivity index (χ0) is 13.1. The lowest BCUT2D eigenvalue weighted by Crippen LogP contribution is -2.10. The number of rotatable bonds is 4. The van der Waals surface area contributed by atoms with E-state index in [0.29, 0.717) is 18.8 Å². The Morgan fingerprint density at radius 2 is 2.17 bits per heavy atom. The predicted molar refractivity (Wildman–Crippen MR) is 66.7 cm³/mol. The second-order valence-corrected chi connectivity index (χ2v) is 3.96. The molecule has 0 radical (unpaired) electrons. The molecule has 18 heavy (non-hydrogen) atoms. The van der Waals surface area contributed by atoms with Gasteiger partial charge in [0.1, 0.15) is 5.02 Å². The number of hydrogen-bond donors (Lipinski definition) is 3. The number of nitrogen functional groups attached to an aromatic ring is 2. The van der Waals surface area contributed by atoms with Crippen molar-refractivity contribution < 1.29 is 8.91 Å². The van der Waals surface area contributed by atoms with E-state index >= 15 is 0 Å². The van der Waals surface area contributed by atoms with Crippen LogP contribution in [0.1, 0.15) is 5.82 Å². The van der Waals surface area contributed by atoms with Gasteiger partial charge in [-0.1, -0.05) is 16.8 Å². The van der Waals surface area contributed by atoms with Gasteiger partial charge in [0, 0.05) is 13.0 Å². The summed E-state index contributed by atoms with van der Waals surface area (Å²) in [6.45, 7) is 0.390. The van der Waals surface area contributed by atoms with Crippen LogP contribution in [0.5, 0.6) is 0 Å². The Hall–Kier alpha value is -2.02. The lowest BCUT2D eigenvalue weighted by Gasteiger charge is -2.12. The molecular weight excluding hydrogens is 261 g/mol. The maximum atomic E-state index is 13.8. The molecule has 0 atom stereocenters. The molecule has 96 valence electrons. The lowest BCUT2D eigenvalue weighted by molar-refractivity contribution is 0.410. The van der Waals surface area contributed by atoms with Gasteiger partial charge in [0.2, 0.25) is 6.39 Å². The van der Waals surface area contributed by atoms with Gasteiger partial charge in [0.05, 0.1) is 17.1 Å². The molecule has 0 spiro atoms. The molecule has 2 aromatic rings. The van der Waals surface area contributed by atoms with E-state index in [2.05, 4.69) is 20.0 Å². The summed E-state index contributed by atoms with van der Waals surface area (Å²) in [5.41, 5.74) is 11.6. The molecule has 0 fully saturated rings. The summed E-state index contributed by atoms with van der Waals surface area (Å²) in [6, 6.07) is 1.40. The summed E-state index contributed by atoms with van der Waals surface area (Å²) in [5, 5.41) is 6.31. The molecule has 6 nitrogen and oxygen atoms in total. The first-order valence-corrected chi connectivity index (χ1v) is 5.49. The smallest absolute Gasteiger partial charge is 0.213 e. The highest BCUT2D eigenvalue weighted by Gasteiger charge is 2.13. The predicted octanol–water partition coefficient (Wildman–Crippen LogP) is 1.68. The maximum Gasteiger partial charge on any atom is 0.213 e. The van der Waals surface area contributed by atoms with Gasteiger partial charge in [-0.25, -0.2) is 4.39 Å². The molecular formula is C10H11ClFN5O. The normalized spacial score (nSPS) is 10.6. The molecule has 1 aromatic carbocycles. The molecule has 0 aliphatic rings. The van der Waals surface area contributed by atoms with Gasteiger partial charge in [-0.15, -0.1) is 0 Å². The Morgan fingerprint density at radius 1 is 1.39 bits per heavy atom. The van der Waals surface area contributed by atoms with Crippen LogP contribution in [0.15, 0.2) is 17.0 Å². The SMILES string of the molecule is Nc1cc(N)c(NCCc2ncon2)c(F)c1Cl. The first kappa shape index (κ1) is 12.4. The molecule has 0 aliphatic carbocycles. The second kappa shape index (κ2) is 5.09. The monoisotopic (exact) mass is 271 g/mol. The molecule has 0 unspecified atom stereocenters. The third-order valence-electron chi connectivity index (χ3n) is 2.32. The van der Waals surface area contributed by atoms with Gasteiger partial charge in [-0.2, -0.15) is 4.98 Å². The molecule has 2 rings (SSSR count). The summed E-state index contributed by atoms with van der Waals surface area (Å²) in [6.07, 6.45) is 1.70. The Labute approximate surface area is 107 Å². The van der Waals surface area contributed by atoms with E-state index < -0.39 is 5.82 Å². The topological polar surface area (TPSA) is 103 Å². The minimum atomic E-state index is -0.665. The van der Waals surface area contributed by atoms with Crippen LogP contribution in [0.3, 0.4) is 0 Å². The molecule has 0 aliphatic heterocycles. The molecule has 1 heterocycles. The summed E-state index contributed by atoms with van der Waals surface area (Å²) in [5.74, 6) is -0.148. The van der Waals surface area contributed by atoms with E-state index in [4.69, 9.17) is 23.1 Å². The number of nitrogens with zero attached hydrogens (tertiary/aromatic N) is 2. The summed E-state index contributed by atoms with van der Waals surface area (Å²) >= 11 is 5.70. The first-order valence-electron chi connectivity index (χ1n) is 5.11. The summed E-state index contributed by atoms with van der Waals surface area (Å²) in [7, 11) is 0. The Bertz CT molecular complexity index is 546. The zero-order valence-corrected chi connectivity index (χ0v) is 10.0. The standard InChI is InChI=1S/C10H11ClFN5O/c11-8-5(13)3-6(14)10(9(8)12)15-2-1-7-16-4-18-17-7/h3-4,15H,1-2,13-14H2. The van der Waals surface area contributed by atoms with E-state index in [1.807, 2.05) is 0 Å². The van der Waals surface area contributed by atoms with E-state index in [-0.39, 0.29) is 22.1 Å². The van der Waals surface area contributed by atoms with Crippen LogP contribution in [-0.2, 0) is 6.42 Å². The van der Waals surface area contributed by atoms with E-state index in [1.165, 1.54) is 12.5 Å². The molecule has 5 N–H and O–H groups in total. The highest BCUT2D eigenvalue weighted by Crippen LogP contribution is 2.33. The number of nitrogens with one attached hydrogen (secondary N) is 1. The molecule has 8 heteroatoms. The van der Waals surface area contributed by atoms with Crippen molar-refractivity contribution in [3.8, 4) is 0 Å². The molecule has 0 saturated carbocycles. The van der Waals surface area contributed by atoms with Crippen LogP contribution in [0.25, 0.3) is 0 Å². The summed E-state index contributed by atoms with van der Waals surface area (Å²) < 4.78 is 18.4. The van der Waals surface area contributed by atoms with Crippen molar-refractivity contribution in [2.24, 2.45) is 0 Å². The van der Waals surface area contributed by atoms with Crippen molar-refractivity contribution in [2.45, 2.75) is 6.42 Å². The van der Waals surface area contributed by atoms with Crippen molar-refractivity contribution >= 4 is 28.7 Å². The third-order valence-corrected chi connectivity index (χ3v) is 2.71. The fourth-order valence-corrected chi connectivity index (χ4v) is 1.60. The van der Waals surface area contributed by atoms with Crippen LogP contribution in [0.4, 0.5) is 21.5 Å². The number of aromatic nitrogens is 2. The van der Waals surface area contributed by atoms with Crippen molar-refractivity contribution in [1.82, 2.24) is 10.1 Å². The number of hydrogen-bond acceptors (Lipinski definition) is 6. The number of nitrogens with two attached hydrogens (primary N) is 2. The highest BCUT2D eigenvalue weighted by molar-refractivity contribution is 6.33. The van der Waals surface area contributed by atoms with Gasteiger partial charge in [0.25, 0.3) is 0 Å². The van der Waals surface area contributed by atoms with Crippen LogP contribution < -0.4 is 16.8 Å². The Balaban J connectivity index is 2.07. The minimum Gasteiger partial charge on any atom is -0.397 e. The molecule has 0 saturated heterocycles. The van der Waals surface area contributed by atoms with Crippen LogP contribution in [0, 0.1) is 5.82 Å². The molecule has 1 aromatic heterocycles. The van der Waals surface area contributed by atoms with Gasteiger partial charge in [0.15, 0.2) is 11.6 Å². The fraction of sp³-hybridized carbons (Fsp3) is 0.200. The van der Waals surface area contributed by atoms with Crippen molar-refractivity contribution in [3.63, 3.8) is 0 Å². The lowest BCUT2D eigenvalue weighted by atomic mass is 10.2. The third kappa shape index (κ3) is 2.45. The fourth-order valence-electron chi connectivity index (χ4n) is 1.45. The van der Waals surface area contributed by atoms with E-state index in [9.17, 15) is 4.39 Å².